The van der Waals surface area contributed by atoms with Gasteiger partial charge in [-0.05, 0) is 24.3 Å². The van der Waals surface area contributed by atoms with Crippen molar-refractivity contribution >= 4 is 17.0 Å². The number of nitrogens with one attached hydrogen (secondary N) is 1. The third-order valence-corrected chi connectivity index (χ3v) is 5.87. The van der Waals surface area contributed by atoms with Crippen molar-refractivity contribution in [2.45, 2.75) is 32.0 Å². The van der Waals surface area contributed by atoms with Crippen LogP contribution in [0.3, 0.4) is 0 Å². The first kappa shape index (κ1) is 14.6. The van der Waals surface area contributed by atoms with E-state index >= 15 is 0 Å². The Morgan fingerprint density at radius 1 is 1.35 bits per heavy atom. The molecule has 120 valence electrons. The summed E-state index contributed by atoms with van der Waals surface area (Å²) in [6, 6.07) is 5.22. The first-order valence-corrected chi connectivity index (χ1v) is 8.77. The standard InChI is InChI=1S/C16H17N3O3S/c20-15-4-3-12(19(21)22)9-18(15)10-17-7-5-14-13(6-8-23-14)16(17)11-1-2-11/h3-4,6,8-9,11,16H,1-2,5,7,10H2/p+1/t16-/m0/s1. The molecular formula is C16H18N3O3S+. The highest BCUT2D eigenvalue weighted by atomic mass is 32.1. The smallest absolute Gasteiger partial charge is 0.285 e. The van der Waals surface area contributed by atoms with Crippen LogP contribution in [0.25, 0.3) is 0 Å². The second-order valence-corrected chi connectivity index (χ2v) is 7.38. The van der Waals surface area contributed by atoms with Crippen molar-refractivity contribution < 1.29 is 9.82 Å². The quantitative estimate of drug-likeness (QED) is 0.679. The number of rotatable bonds is 4. The van der Waals surface area contributed by atoms with Crippen LogP contribution in [0.15, 0.2) is 34.6 Å². The Kier molecular flexibility index (Phi) is 3.54. The van der Waals surface area contributed by atoms with Gasteiger partial charge in [-0.25, -0.2) is 0 Å². The molecule has 7 heteroatoms. The van der Waals surface area contributed by atoms with Crippen LogP contribution in [0.1, 0.15) is 29.3 Å². The lowest BCUT2D eigenvalue weighted by atomic mass is 9.96. The maximum absolute atomic E-state index is 12.1. The highest BCUT2D eigenvalue weighted by molar-refractivity contribution is 7.10. The third-order valence-electron chi connectivity index (χ3n) is 4.87. The van der Waals surface area contributed by atoms with Crippen molar-refractivity contribution in [1.29, 1.82) is 0 Å². The summed E-state index contributed by atoms with van der Waals surface area (Å²) < 4.78 is 1.50. The SMILES string of the molecule is O=c1ccc([N+](=O)[O-])cn1C[NH+]1CCc2sccc2[C@@H]1C1CC1. The van der Waals surface area contributed by atoms with Gasteiger partial charge in [0.15, 0.2) is 6.67 Å². The highest BCUT2D eigenvalue weighted by Crippen LogP contribution is 2.42. The van der Waals surface area contributed by atoms with Gasteiger partial charge in [0, 0.05) is 34.9 Å². The Morgan fingerprint density at radius 2 is 2.17 bits per heavy atom. The number of nitrogens with zero attached hydrogens (tertiary/aromatic N) is 2. The van der Waals surface area contributed by atoms with Crippen molar-refractivity contribution in [3.63, 3.8) is 0 Å². The van der Waals surface area contributed by atoms with Crippen LogP contribution < -0.4 is 10.5 Å². The van der Waals surface area contributed by atoms with Crippen LogP contribution in [0.5, 0.6) is 0 Å². The van der Waals surface area contributed by atoms with E-state index < -0.39 is 4.92 Å². The summed E-state index contributed by atoms with van der Waals surface area (Å²) in [6.45, 7) is 1.47. The molecule has 2 aromatic heterocycles. The van der Waals surface area contributed by atoms with Crippen LogP contribution in [0.4, 0.5) is 5.69 Å². The molecule has 0 spiro atoms. The minimum absolute atomic E-state index is 0.0276. The topological polar surface area (TPSA) is 69.6 Å². The molecule has 1 unspecified atom stereocenters. The highest BCUT2D eigenvalue weighted by Gasteiger charge is 2.43. The number of hydrogen-bond acceptors (Lipinski definition) is 4. The molecule has 0 aromatic carbocycles. The number of fused-ring (bicyclic) bond motifs is 1. The van der Waals surface area contributed by atoms with E-state index in [9.17, 15) is 14.9 Å². The Hall–Kier alpha value is -1.99. The average molecular weight is 332 g/mol. The fourth-order valence-corrected chi connectivity index (χ4v) is 4.57. The van der Waals surface area contributed by atoms with E-state index in [4.69, 9.17) is 0 Å². The van der Waals surface area contributed by atoms with E-state index in [2.05, 4.69) is 11.4 Å². The van der Waals surface area contributed by atoms with E-state index in [0.29, 0.717) is 18.6 Å². The van der Waals surface area contributed by atoms with Crippen LogP contribution in [0.2, 0.25) is 0 Å². The summed E-state index contributed by atoms with van der Waals surface area (Å²) in [5, 5.41) is 13.1. The van der Waals surface area contributed by atoms with E-state index in [1.54, 1.807) is 0 Å². The predicted molar refractivity (Wildman–Crippen MR) is 86.7 cm³/mol. The molecule has 6 nitrogen and oxygen atoms in total. The maximum atomic E-state index is 12.1. The van der Waals surface area contributed by atoms with Crippen molar-refractivity contribution in [2.24, 2.45) is 5.92 Å². The fourth-order valence-electron chi connectivity index (χ4n) is 3.64. The molecule has 1 N–H and O–H groups in total. The Bertz CT molecular complexity index is 809. The van der Waals surface area contributed by atoms with Crippen LogP contribution in [-0.4, -0.2) is 16.0 Å². The van der Waals surface area contributed by atoms with Crippen LogP contribution in [-0.2, 0) is 13.1 Å². The summed E-state index contributed by atoms with van der Waals surface area (Å²) in [5.74, 6) is 0.688. The molecule has 0 bridgehead atoms. The van der Waals surface area contributed by atoms with Gasteiger partial charge in [0.05, 0.1) is 17.7 Å². The van der Waals surface area contributed by atoms with Gasteiger partial charge >= 0.3 is 0 Å². The average Bonchev–Trinajstić information content (AvgIpc) is 3.25. The largest absolute Gasteiger partial charge is 0.311 e. The molecule has 4 rings (SSSR count). The fraction of sp³-hybridized carbons (Fsp3) is 0.438. The summed E-state index contributed by atoms with van der Waals surface area (Å²) in [6.07, 6.45) is 4.89. The van der Waals surface area contributed by atoms with Gasteiger partial charge in [0.25, 0.3) is 11.2 Å². The molecule has 23 heavy (non-hydrogen) atoms. The Labute approximate surface area is 137 Å². The summed E-state index contributed by atoms with van der Waals surface area (Å²) in [7, 11) is 0. The number of hydrogen-bond donors (Lipinski definition) is 1. The van der Waals surface area contributed by atoms with Gasteiger partial charge in [-0.15, -0.1) is 11.3 Å². The molecule has 1 fully saturated rings. The number of nitro groups is 1. The molecule has 0 radical (unpaired) electrons. The Morgan fingerprint density at radius 3 is 2.91 bits per heavy atom. The van der Waals surface area contributed by atoms with E-state index in [1.807, 2.05) is 11.3 Å². The molecule has 2 aromatic rings. The molecule has 0 amide bonds. The number of pyridine rings is 1. The summed E-state index contributed by atoms with van der Waals surface area (Å²) in [5.41, 5.74) is 1.23. The summed E-state index contributed by atoms with van der Waals surface area (Å²) in [4.78, 5) is 25.4. The van der Waals surface area contributed by atoms with Crippen LogP contribution >= 0.6 is 11.3 Å². The first-order chi connectivity index (χ1) is 11.1. The first-order valence-electron chi connectivity index (χ1n) is 7.89. The number of thiophene rings is 1. The molecular weight excluding hydrogens is 314 g/mol. The molecule has 2 atom stereocenters. The van der Waals surface area contributed by atoms with Gasteiger partial charge in [0.2, 0.25) is 0 Å². The Balaban J connectivity index is 1.65. The lowest BCUT2D eigenvalue weighted by Gasteiger charge is -2.33. The number of quaternary nitrogens is 1. The van der Waals surface area contributed by atoms with Gasteiger partial charge in [0.1, 0.15) is 6.04 Å². The van der Waals surface area contributed by atoms with Gasteiger partial charge in [-0.2, -0.15) is 0 Å². The lowest BCUT2D eigenvalue weighted by molar-refractivity contribution is -0.958. The van der Waals surface area contributed by atoms with E-state index in [-0.39, 0.29) is 11.2 Å². The zero-order valence-electron chi connectivity index (χ0n) is 12.6. The minimum Gasteiger partial charge on any atom is -0.311 e. The predicted octanol–water partition coefficient (Wildman–Crippen LogP) is 1.37. The molecule has 1 aliphatic heterocycles. The van der Waals surface area contributed by atoms with E-state index in [0.717, 1.165) is 13.0 Å². The van der Waals surface area contributed by atoms with Crippen molar-refractivity contribution in [3.05, 3.63) is 60.7 Å². The molecule has 0 saturated heterocycles. The zero-order chi connectivity index (χ0) is 16.0. The minimum atomic E-state index is -0.448. The van der Waals surface area contributed by atoms with Gasteiger partial charge in [-0.1, -0.05) is 0 Å². The zero-order valence-corrected chi connectivity index (χ0v) is 13.4. The van der Waals surface area contributed by atoms with Crippen LogP contribution in [0, 0.1) is 16.0 Å². The lowest BCUT2D eigenvalue weighted by Crippen LogP contribution is -3.13. The van der Waals surface area contributed by atoms with Gasteiger partial charge in [-0.3, -0.25) is 19.5 Å². The van der Waals surface area contributed by atoms with Crippen molar-refractivity contribution in [1.82, 2.24) is 4.57 Å². The third kappa shape index (κ3) is 2.70. The second-order valence-electron chi connectivity index (χ2n) is 6.38. The maximum Gasteiger partial charge on any atom is 0.285 e. The van der Waals surface area contributed by atoms with Gasteiger partial charge < -0.3 is 4.90 Å². The monoisotopic (exact) mass is 332 g/mol. The van der Waals surface area contributed by atoms with Crippen molar-refractivity contribution in [2.75, 3.05) is 6.54 Å². The molecule has 1 aliphatic carbocycles. The molecule has 3 heterocycles. The van der Waals surface area contributed by atoms with E-state index in [1.165, 1.54) is 51.1 Å². The summed E-state index contributed by atoms with van der Waals surface area (Å²) >= 11 is 1.82. The van der Waals surface area contributed by atoms with Crippen molar-refractivity contribution in [3.8, 4) is 0 Å². The number of aromatic nitrogens is 1. The second kappa shape index (κ2) is 5.58. The molecule has 2 aliphatic rings. The normalized spacial score (nSPS) is 23.5. The molecule has 1 saturated carbocycles.